The number of Topliss-reactive ketones (excluding diaryl/α,β-unsaturated/α-hetero) is 1. The third-order valence-electron chi connectivity index (χ3n) is 3.32. The van der Waals surface area contributed by atoms with Crippen LogP contribution in [0.4, 0.5) is 24.5 Å². The molecule has 0 unspecified atom stereocenters. The van der Waals surface area contributed by atoms with Gasteiger partial charge >= 0.3 is 6.18 Å². The van der Waals surface area contributed by atoms with Crippen molar-refractivity contribution in [2.24, 2.45) is 5.41 Å². The lowest BCUT2D eigenvalue weighted by atomic mass is 9.86. The predicted octanol–water partition coefficient (Wildman–Crippen LogP) is 5.68. The van der Waals surface area contributed by atoms with Crippen molar-refractivity contribution in [1.29, 1.82) is 0 Å². The van der Waals surface area contributed by atoms with Gasteiger partial charge in [0.2, 0.25) is 0 Å². The van der Waals surface area contributed by atoms with Crippen molar-refractivity contribution in [3.05, 3.63) is 59.7 Å². The van der Waals surface area contributed by atoms with Crippen LogP contribution in [0.2, 0.25) is 0 Å². The molecular weight excluding hydrogens is 303 g/mol. The molecule has 0 radical (unpaired) electrons. The zero-order chi connectivity index (χ0) is 17.3. The lowest BCUT2D eigenvalue weighted by Gasteiger charge is -2.20. The molecule has 0 saturated heterocycles. The first-order chi connectivity index (χ1) is 10.6. The van der Waals surface area contributed by atoms with Crippen molar-refractivity contribution < 1.29 is 18.0 Å². The largest absolute Gasteiger partial charge is 0.416 e. The first-order valence-corrected chi connectivity index (χ1v) is 7.17. The Hall–Kier alpha value is -2.30. The number of carbonyl (C=O) groups is 1. The van der Waals surface area contributed by atoms with Gasteiger partial charge in [-0.2, -0.15) is 13.2 Å². The molecule has 2 aromatic carbocycles. The molecule has 0 spiro atoms. The Morgan fingerprint density at radius 3 is 2.22 bits per heavy atom. The van der Waals surface area contributed by atoms with Crippen molar-refractivity contribution in [3.63, 3.8) is 0 Å². The molecule has 0 aliphatic heterocycles. The first-order valence-electron chi connectivity index (χ1n) is 7.17. The van der Waals surface area contributed by atoms with Crippen LogP contribution in [-0.4, -0.2) is 5.78 Å². The van der Waals surface area contributed by atoms with Crippen molar-refractivity contribution in [3.8, 4) is 0 Å². The maximum atomic E-state index is 12.8. The summed E-state index contributed by atoms with van der Waals surface area (Å²) in [4.78, 5) is 12.5. The summed E-state index contributed by atoms with van der Waals surface area (Å²) in [5.41, 5.74) is -0.0775. The standard InChI is InChI=1S/C18H18F3NO/c1-17(2,3)16(23)14-9-4-5-10-15(14)22-13-8-6-7-12(11-13)18(19,20)21/h4-11,22H,1-3H3. The molecule has 0 atom stereocenters. The van der Waals surface area contributed by atoms with E-state index in [9.17, 15) is 18.0 Å². The number of benzene rings is 2. The van der Waals surface area contributed by atoms with E-state index >= 15 is 0 Å². The minimum absolute atomic E-state index is 0.0763. The molecule has 23 heavy (non-hydrogen) atoms. The Balaban J connectivity index is 2.37. The number of para-hydroxylation sites is 1. The minimum atomic E-state index is -4.40. The summed E-state index contributed by atoms with van der Waals surface area (Å²) in [6, 6.07) is 11.7. The fraction of sp³-hybridized carbons (Fsp3) is 0.278. The van der Waals surface area contributed by atoms with Gasteiger partial charge in [0, 0.05) is 22.4 Å². The van der Waals surface area contributed by atoms with Crippen LogP contribution >= 0.6 is 0 Å². The normalized spacial score (nSPS) is 12.1. The summed E-state index contributed by atoms with van der Waals surface area (Å²) in [5.74, 6) is -0.0763. The third-order valence-corrected chi connectivity index (χ3v) is 3.32. The highest BCUT2D eigenvalue weighted by atomic mass is 19.4. The van der Waals surface area contributed by atoms with E-state index in [1.54, 1.807) is 45.0 Å². The fourth-order valence-corrected chi connectivity index (χ4v) is 2.12. The molecule has 2 rings (SSSR count). The molecule has 0 aliphatic rings. The average molecular weight is 321 g/mol. The van der Waals surface area contributed by atoms with Gasteiger partial charge in [0.1, 0.15) is 0 Å². The van der Waals surface area contributed by atoms with Gasteiger partial charge in [-0.1, -0.05) is 39.0 Å². The Morgan fingerprint density at radius 1 is 0.957 bits per heavy atom. The summed E-state index contributed by atoms with van der Waals surface area (Å²) in [6.07, 6.45) is -4.40. The van der Waals surface area contributed by atoms with Gasteiger partial charge in [0.25, 0.3) is 0 Å². The van der Waals surface area contributed by atoms with E-state index in [-0.39, 0.29) is 11.5 Å². The first kappa shape index (κ1) is 17.1. The highest BCUT2D eigenvalue weighted by molar-refractivity contribution is 6.04. The number of hydrogen-bond acceptors (Lipinski definition) is 2. The van der Waals surface area contributed by atoms with E-state index in [1.165, 1.54) is 12.1 Å². The van der Waals surface area contributed by atoms with E-state index in [2.05, 4.69) is 5.32 Å². The number of hydrogen-bond donors (Lipinski definition) is 1. The zero-order valence-electron chi connectivity index (χ0n) is 13.2. The van der Waals surface area contributed by atoms with E-state index in [1.807, 2.05) is 0 Å². The molecule has 2 aromatic rings. The average Bonchev–Trinajstić information content (AvgIpc) is 2.45. The van der Waals surface area contributed by atoms with Crippen molar-refractivity contribution in [2.75, 3.05) is 5.32 Å². The maximum absolute atomic E-state index is 12.8. The maximum Gasteiger partial charge on any atom is 0.416 e. The van der Waals surface area contributed by atoms with E-state index in [0.717, 1.165) is 12.1 Å². The summed E-state index contributed by atoms with van der Waals surface area (Å²) < 4.78 is 38.4. The number of carbonyl (C=O) groups excluding carboxylic acids is 1. The topological polar surface area (TPSA) is 29.1 Å². The van der Waals surface area contributed by atoms with Crippen LogP contribution in [0, 0.1) is 5.41 Å². The second-order valence-electron chi connectivity index (χ2n) is 6.33. The molecule has 122 valence electrons. The lowest BCUT2D eigenvalue weighted by Crippen LogP contribution is -2.21. The SMILES string of the molecule is CC(C)(C)C(=O)c1ccccc1Nc1cccc(C(F)(F)F)c1. The Bertz CT molecular complexity index is 715. The Morgan fingerprint density at radius 2 is 1.61 bits per heavy atom. The third kappa shape index (κ3) is 4.12. The number of rotatable bonds is 3. The van der Waals surface area contributed by atoms with E-state index in [0.29, 0.717) is 11.3 Å². The molecule has 5 heteroatoms. The molecule has 0 heterocycles. The van der Waals surface area contributed by atoms with Crippen molar-refractivity contribution >= 4 is 17.2 Å². The van der Waals surface area contributed by atoms with E-state index < -0.39 is 17.2 Å². The number of halogens is 3. The van der Waals surface area contributed by atoms with Crippen molar-refractivity contribution in [1.82, 2.24) is 0 Å². The van der Waals surface area contributed by atoms with Gasteiger partial charge in [0.15, 0.2) is 5.78 Å². The van der Waals surface area contributed by atoms with Gasteiger partial charge in [-0.05, 0) is 30.3 Å². The number of alkyl halides is 3. The van der Waals surface area contributed by atoms with Gasteiger partial charge in [-0.15, -0.1) is 0 Å². The molecule has 2 nitrogen and oxygen atoms in total. The molecule has 0 aliphatic carbocycles. The van der Waals surface area contributed by atoms with Gasteiger partial charge in [-0.25, -0.2) is 0 Å². The van der Waals surface area contributed by atoms with Crippen LogP contribution in [0.25, 0.3) is 0 Å². The number of nitrogens with one attached hydrogen (secondary N) is 1. The van der Waals surface area contributed by atoms with Crippen LogP contribution in [0.1, 0.15) is 36.7 Å². The molecular formula is C18H18F3NO. The van der Waals surface area contributed by atoms with Crippen LogP contribution in [0.15, 0.2) is 48.5 Å². The lowest BCUT2D eigenvalue weighted by molar-refractivity contribution is -0.137. The smallest absolute Gasteiger partial charge is 0.355 e. The molecule has 0 saturated carbocycles. The quantitative estimate of drug-likeness (QED) is 0.737. The van der Waals surface area contributed by atoms with Crippen LogP contribution in [0.3, 0.4) is 0 Å². The van der Waals surface area contributed by atoms with Crippen LogP contribution in [-0.2, 0) is 6.18 Å². The second kappa shape index (κ2) is 6.07. The van der Waals surface area contributed by atoms with Gasteiger partial charge < -0.3 is 5.32 Å². The monoisotopic (exact) mass is 321 g/mol. The fourth-order valence-electron chi connectivity index (χ4n) is 2.12. The minimum Gasteiger partial charge on any atom is -0.355 e. The summed E-state index contributed by atoms with van der Waals surface area (Å²) >= 11 is 0. The molecule has 0 bridgehead atoms. The molecule has 0 amide bonds. The number of ketones is 1. The summed E-state index contributed by atoms with van der Waals surface area (Å²) in [6.45, 7) is 5.41. The Labute approximate surface area is 133 Å². The highest BCUT2D eigenvalue weighted by Crippen LogP contribution is 2.32. The zero-order valence-corrected chi connectivity index (χ0v) is 13.2. The highest BCUT2D eigenvalue weighted by Gasteiger charge is 2.30. The van der Waals surface area contributed by atoms with Gasteiger partial charge in [-0.3, -0.25) is 4.79 Å². The summed E-state index contributed by atoms with van der Waals surface area (Å²) in [7, 11) is 0. The van der Waals surface area contributed by atoms with Crippen LogP contribution < -0.4 is 5.32 Å². The molecule has 1 N–H and O–H groups in total. The van der Waals surface area contributed by atoms with E-state index in [4.69, 9.17) is 0 Å². The molecule has 0 fully saturated rings. The Kier molecular flexibility index (Phi) is 4.50. The predicted molar refractivity (Wildman–Crippen MR) is 85.0 cm³/mol. The van der Waals surface area contributed by atoms with Crippen LogP contribution in [0.5, 0.6) is 0 Å². The number of anilines is 2. The summed E-state index contributed by atoms with van der Waals surface area (Å²) in [5, 5.41) is 2.92. The van der Waals surface area contributed by atoms with Crippen molar-refractivity contribution in [2.45, 2.75) is 26.9 Å². The molecule has 0 aromatic heterocycles. The van der Waals surface area contributed by atoms with Gasteiger partial charge in [0.05, 0.1) is 5.56 Å². The second-order valence-corrected chi connectivity index (χ2v) is 6.33.